The number of aromatic amines is 1. The standard InChI is InChI=1S/C14H17N7/c1-7-10(6-21(3)20-7)17-14-18-11(9-4-5-9)12-13(19-14)16-8(2)15-12/h6,9H,4-5H2,1-3H3,(H2,15,16,17,18,19). The molecule has 0 atom stereocenters. The fourth-order valence-corrected chi connectivity index (χ4v) is 2.58. The van der Waals surface area contributed by atoms with Crippen LogP contribution in [0, 0.1) is 13.8 Å². The lowest BCUT2D eigenvalue weighted by molar-refractivity contribution is 0.756. The molecule has 1 aliphatic carbocycles. The Labute approximate surface area is 121 Å². The zero-order valence-corrected chi connectivity index (χ0v) is 12.3. The first kappa shape index (κ1) is 12.3. The predicted octanol–water partition coefficient (Wildman–Crippen LogP) is 2.32. The molecule has 0 bridgehead atoms. The van der Waals surface area contributed by atoms with Crippen molar-refractivity contribution in [3.63, 3.8) is 0 Å². The van der Waals surface area contributed by atoms with Gasteiger partial charge in [0.05, 0.1) is 17.1 Å². The second kappa shape index (κ2) is 4.28. The molecule has 7 heteroatoms. The average molecular weight is 283 g/mol. The highest BCUT2D eigenvalue weighted by molar-refractivity contribution is 5.76. The third-order valence-corrected chi connectivity index (χ3v) is 3.71. The van der Waals surface area contributed by atoms with Crippen LogP contribution in [0.25, 0.3) is 11.2 Å². The Bertz CT molecular complexity index is 825. The van der Waals surface area contributed by atoms with E-state index >= 15 is 0 Å². The normalized spacial score (nSPS) is 14.8. The lowest BCUT2D eigenvalue weighted by Crippen LogP contribution is -2.01. The van der Waals surface area contributed by atoms with Gasteiger partial charge in [0.1, 0.15) is 11.3 Å². The Hall–Kier alpha value is -2.44. The first-order chi connectivity index (χ1) is 10.1. The fraction of sp³-hybridized carbons (Fsp3) is 0.429. The number of aryl methyl sites for hydroxylation is 3. The molecule has 0 spiro atoms. The van der Waals surface area contributed by atoms with E-state index in [0.717, 1.165) is 34.1 Å². The molecule has 2 N–H and O–H groups in total. The number of hydrogen-bond donors (Lipinski definition) is 2. The van der Waals surface area contributed by atoms with Crippen LogP contribution in [0.2, 0.25) is 0 Å². The van der Waals surface area contributed by atoms with Crippen molar-refractivity contribution in [2.45, 2.75) is 32.6 Å². The van der Waals surface area contributed by atoms with Crippen molar-refractivity contribution in [3.8, 4) is 0 Å². The van der Waals surface area contributed by atoms with Crippen molar-refractivity contribution < 1.29 is 0 Å². The molecule has 3 aromatic heterocycles. The highest BCUT2D eigenvalue weighted by atomic mass is 15.3. The average Bonchev–Trinajstić information content (AvgIpc) is 3.12. The monoisotopic (exact) mass is 283 g/mol. The van der Waals surface area contributed by atoms with Crippen LogP contribution in [0.4, 0.5) is 11.6 Å². The van der Waals surface area contributed by atoms with Gasteiger partial charge in [0, 0.05) is 19.2 Å². The summed E-state index contributed by atoms with van der Waals surface area (Å²) < 4.78 is 1.78. The number of H-pyrrole nitrogens is 1. The Kier molecular flexibility index (Phi) is 2.51. The van der Waals surface area contributed by atoms with Crippen molar-refractivity contribution in [1.82, 2.24) is 29.7 Å². The van der Waals surface area contributed by atoms with Gasteiger partial charge in [-0.1, -0.05) is 0 Å². The van der Waals surface area contributed by atoms with E-state index in [1.807, 2.05) is 27.1 Å². The molecule has 7 nitrogen and oxygen atoms in total. The van der Waals surface area contributed by atoms with Gasteiger partial charge in [-0.2, -0.15) is 10.1 Å². The Morgan fingerprint density at radius 1 is 1.24 bits per heavy atom. The molecule has 0 saturated heterocycles. The number of nitrogens with one attached hydrogen (secondary N) is 2. The van der Waals surface area contributed by atoms with E-state index in [4.69, 9.17) is 0 Å². The Balaban J connectivity index is 1.79. The fourth-order valence-electron chi connectivity index (χ4n) is 2.58. The first-order valence-corrected chi connectivity index (χ1v) is 7.11. The first-order valence-electron chi connectivity index (χ1n) is 7.11. The van der Waals surface area contributed by atoms with Crippen LogP contribution < -0.4 is 5.32 Å². The van der Waals surface area contributed by atoms with E-state index in [2.05, 4.69) is 30.4 Å². The van der Waals surface area contributed by atoms with E-state index < -0.39 is 0 Å². The van der Waals surface area contributed by atoms with Crippen molar-refractivity contribution in [2.75, 3.05) is 5.32 Å². The Morgan fingerprint density at radius 2 is 2.05 bits per heavy atom. The van der Waals surface area contributed by atoms with Gasteiger partial charge < -0.3 is 10.3 Å². The minimum Gasteiger partial charge on any atom is -0.327 e. The summed E-state index contributed by atoms with van der Waals surface area (Å²) in [5.74, 6) is 1.99. The van der Waals surface area contributed by atoms with Crippen molar-refractivity contribution in [3.05, 3.63) is 23.4 Å². The molecule has 0 aromatic carbocycles. The van der Waals surface area contributed by atoms with Gasteiger partial charge in [-0.25, -0.2) is 9.97 Å². The van der Waals surface area contributed by atoms with Gasteiger partial charge in [-0.15, -0.1) is 0 Å². The molecule has 108 valence electrons. The molecule has 1 fully saturated rings. The summed E-state index contributed by atoms with van der Waals surface area (Å²) in [6.07, 6.45) is 4.30. The number of imidazole rings is 1. The maximum absolute atomic E-state index is 4.68. The highest BCUT2D eigenvalue weighted by Gasteiger charge is 2.29. The molecule has 3 aromatic rings. The molecule has 0 radical (unpaired) electrons. The smallest absolute Gasteiger partial charge is 0.229 e. The zero-order valence-electron chi connectivity index (χ0n) is 12.3. The maximum atomic E-state index is 4.68. The summed E-state index contributed by atoms with van der Waals surface area (Å²) in [4.78, 5) is 16.9. The van der Waals surface area contributed by atoms with Gasteiger partial charge in [0.15, 0.2) is 5.65 Å². The number of rotatable bonds is 3. The van der Waals surface area contributed by atoms with Crippen molar-refractivity contribution in [2.24, 2.45) is 7.05 Å². The number of hydrogen-bond acceptors (Lipinski definition) is 5. The molecule has 1 aliphatic rings. The van der Waals surface area contributed by atoms with Gasteiger partial charge in [0.25, 0.3) is 0 Å². The molecule has 0 aliphatic heterocycles. The summed E-state index contributed by atoms with van der Waals surface area (Å²) in [5.41, 5.74) is 4.61. The molecular formula is C14H17N7. The van der Waals surface area contributed by atoms with Gasteiger partial charge in [-0.3, -0.25) is 4.68 Å². The van der Waals surface area contributed by atoms with Crippen LogP contribution in [0.5, 0.6) is 0 Å². The summed E-state index contributed by atoms with van der Waals surface area (Å²) in [6, 6.07) is 0. The maximum Gasteiger partial charge on any atom is 0.229 e. The molecule has 0 amide bonds. The quantitative estimate of drug-likeness (QED) is 0.770. The SMILES string of the molecule is Cc1nc2c(C3CC3)nc(Nc3cn(C)nc3C)nc2[nH]1. The number of nitrogens with zero attached hydrogens (tertiary/aromatic N) is 5. The van der Waals surface area contributed by atoms with Crippen LogP contribution in [-0.4, -0.2) is 29.7 Å². The molecule has 4 rings (SSSR count). The number of aromatic nitrogens is 6. The van der Waals surface area contributed by atoms with Crippen LogP contribution in [0.1, 0.15) is 36.0 Å². The summed E-state index contributed by atoms with van der Waals surface area (Å²) in [7, 11) is 1.90. The van der Waals surface area contributed by atoms with Crippen LogP contribution in [-0.2, 0) is 7.05 Å². The van der Waals surface area contributed by atoms with E-state index in [0.29, 0.717) is 11.9 Å². The summed E-state index contributed by atoms with van der Waals surface area (Å²) in [5, 5.41) is 7.59. The topological polar surface area (TPSA) is 84.3 Å². The van der Waals surface area contributed by atoms with Crippen LogP contribution >= 0.6 is 0 Å². The van der Waals surface area contributed by atoms with Gasteiger partial charge in [0.2, 0.25) is 5.95 Å². The molecule has 21 heavy (non-hydrogen) atoms. The van der Waals surface area contributed by atoms with E-state index in [1.165, 1.54) is 12.8 Å². The minimum atomic E-state index is 0.522. The summed E-state index contributed by atoms with van der Waals surface area (Å²) in [6.45, 7) is 3.90. The third-order valence-electron chi connectivity index (χ3n) is 3.71. The second-order valence-corrected chi connectivity index (χ2v) is 5.65. The van der Waals surface area contributed by atoms with Gasteiger partial charge in [-0.05, 0) is 26.7 Å². The summed E-state index contributed by atoms with van der Waals surface area (Å²) >= 11 is 0. The predicted molar refractivity (Wildman–Crippen MR) is 79.6 cm³/mol. The minimum absolute atomic E-state index is 0.522. The lowest BCUT2D eigenvalue weighted by atomic mass is 10.2. The van der Waals surface area contributed by atoms with E-state index in [1.54, 1.807) is 4.68 Å². The molecular weight excluding hydrogens is 266 g/mol. The van der Waals surface area contributed by atoms with Crippen LogP contribution in [0.15, 0.2) is 6.20 Å². The molecule has 0 unspecified atom stereocenters. The largest absolute Gasteiger partial charge is 0.327 e. The van der Waals surface area contributed by atoms with Crippen molar-refractivity contribution >= 4 is 22.8 Å². The molecule has 3 heterocycles. The second-order valence-electron chi connectivity index (χ2n) is 5.65. The zero-order chi connectivity index (χ0) is 14.6. The van der Waals surface area contributed by atoms with Gasteiger partial charge >= 0.3 is 0 Å². The lowest BCUT2D eigenvalue weighted by Gasteiger charge is -2.05. The number of fused-ring (bicyclic) bond motifs is 1. The van der Waals surface area contributed by atoms with Crippen molar-refractivity contribution in [1.29, 1.82) is 0 Å². The third kappa shape index (κ3) is 2.14. The highest BCUT2D eigenvalue weighted by Crippen LogP contribution is 2.41. The van der Waals surface area contributed by atoms with E-state index in [-0.39, 0.29) is 0 Å². The van der Waals surface area contributed by atoms with E-state index in [9.17, 15) is 0 Å². The van der Waals surface area contributed by atoms with Crippen LogP contribution in [0.3, 0.4) is 0 Å². The number of anilines is 2. The Morgan fingerprint density at radius 3 is 2.71 bits per heavy atom. The molecule has 1 saturated carbocycles.